The zero-order valence-corrected chi connectivity index (χ0v) is 17.1. The summed E-state index contributed by atoms with van der Waals surface area (Å²) in [4.78, 5) is 0.147. The molecule has 0 radical (unpaired) electrons. The van der Waals surface area contributed by atoms with Crippen LogP contribution in [0.25, 0.3) is 0 Å². The molecule has 0 bridgehead atoms. The molecule has 142 valence electrons. The highest BCUT2D eigenvalue weighted by Crippen LogP contribution is 2.28. The Kier molecular flexibility index (Phi) is 5.92. The topological polar surface area (TPSA) is 83.6 Å². The van der Waals surface area contributed by atoms with Crippen molar-refractivity contribution in [3.63, 3.8) is 0 Å². The largest absolute Gasteiger partial charge is 0.279 e. The van der Waals surface area contributed by atoms with E-state index in [2.05, 4.69) is 4.72 Å². The minimum atomic E-state index is -3.74. The molecule has 0 heterocycles. The normalized spacial score (nSPS) is 13.8. The Bertz CT molecular complexity index is 1010. The molecule has 2 rings (SSSR count). The van der Waals surface area contributed by atoms with E-state index < -0.39 is 26.1 Å². The third kappa shape index (κ3) is 4.70. The number of aryl methyl sites for hydroxylation is 2. The highest BCUT2D eigenvalue weighted by atomic mass is 32.2. The summed E-state index contributed by atoms with van der Waals surface area (Å²) < 4.78 is 52.4. The first-order valence-corrected chi connectivity index (χ1v) is 11.3. The van der Waals surface area contributed by atoms with E-state index >= 15 is 0 Å². The van der Waals surface area contributed by atoms with Crippen LogP contribution in [0.5, 0.6) is 0 Å². The van der Waals surface area contributed by atoms with E-state index in [1.807, 2.05) is 32.0 Å². The number of hydrogen-bond donors (Lipinski definition) is 1. The fourth-order valence-corrected chi connectivity index (χ4v) is 4.09. The lowest BCUT2D eigenvalue weighted by Crippen LogP contribution is -2.38. The zero-order valence-electron chi connectivity index (χ0n) is 15.5. The van der Waals surface area contributed by atoms with E-state index in [-0.39, 0.29) is 4.90 Å². The van der Waals surface area contributed by atoms with Crippen LogP contribution in [0.2, 0.25) is 0 Å². The van der Waals surface area contributed by atoms with Crippen molar-refractivity contribution in [3.05, 3.63) is 64.7 Å². The van der Waals surface area contributed by atoms with Gasteiger partial charge < -0.3 is 0 Å². The summed E-state index contributed by atoms with van der Waals surface area (Å²) in [6.07, 6.45) is 1.13. The zero-order chi connectivity index (χ0) is 19.7. The number of hydrogen-bond acceptors (Lipinski definition) is 4. The molecule has 0 spiro atoms. The van der Waals surface area contributed by atoms with Gasteiger partial charge in [-0.2, -0.15) is 17.4 Å². The second kappa shape index (κ2) is 7.48. The van der Waals surface area contributed by atoms with Crippen molar-refractivity contribution >= 4 is 20.0 Å². The van der Waals surface area contributed by atoms with Gasteiger partial charge in [0.15, 0.2) is 9.84 Å². The molecular formula is C18H24N2O4S2. The van der Waals surface area contributed by atoms with Gasteiger partial charge in [-0.05, 0) is 42.7 Å². The Morgan fingerprint density at radius 3 is 2.15 bits per heavy atom. The molecule has 6 nitrogen and oxygen atoms in total. The number of benzene rings is 2. The van der Waals surface area contributed by atoms with Gasteiger partial charge in [-0.3, -0.25) is 0 Å². The fraction of sp³-hybridized carbons (Fsp3) is 0.333. The van der Waals surface area contributed by atoms with Gasteiger partial charge in [-0.25, -0.2) is 8.42 Å². The molecule has 26 heavy (non-hydrogen) atoms. The van der Waals surface area contributed by atoms with Crippen molar-refractivity contribution in [3.8, 4) is 0 Å². The van der Waals surface area contributed by atoms with E-state index in [1.165, 1.54) is 26.2 Å². The van der Waals surface area contributed by atoms with Crippen LogP contribution in [0, 0.1) is 13.8 Å². The second-order valence-electron chi connectivity index (χ2n) is 6.54. The highest BCUT2D eigenvalue weighted by molar-refractivity contribution is 7.90. The van der Waals surface area contributed by atoms with Gasteiger partial charge in [0.25, 0.3) is 10.2 Å². The van der Waals surface area contributed by atoms with Crippen molar-refractivity contribution in [2.24, 2.45) is 0 Å². The van der Waals surface area contributed by atoms with Crippen LogP contribution in [-0.2, 0) is 20.0 Å². The quantitative estimate of drug-likeness (QED) is 0.811. The molecule has 0 fully saturated rings. The molecule has 0 saturated carbocycles. The third-order valence-electron chi connectivity index (χ3n) is 4.10. The summed E-state index contributed by atoms with van der Waals surface area (Å²) in [5.41, 5.74) is 3.31. The van der Waals surface area contributed by atoms with Gasteiger partial charge in [0.2, 0.25) is 0 Å². The molecule has 0 aliphatic heterocycles. The summed E-state index contributed by atoms with van der Waals surface area (Å²) in [7, 11) is -4.26. The molecule has 2 aromatic carbocycles. The van der Waals surface area contributed by atoms with Crippen molar-refractivity contribution in [1.82, 2.24) is 9.03 Å². The van der Waals surface area contributed by atoms with Gasteiger partial charge in [-0.1, -0.05) is 35.9 Å². The Morgan fingerprint density at radius 1 is 0.962 bits per heavy atom. The lowest BCUT2D eigenvalue weighted by molar-refractivity contribution is 0.498. The Morgan fingerprint density at radius 2 is 1.62 bits per heavy atom. The number of nitrogens with one attached hydrogen (secondary N) is 1. The predicted octanol–water partition coefficient (Wildman–Crippen LogP) is 2.19. The maximum Gasteiger partial charge on any atom is 0.279 e. The molecular weight excluding hydrogens is 372 g/mol. The first kappa shape index (κ1) is 20.6. The van der Waals surface area contributed by atoms with Crippen molar-refractivity contribution in [1.29, 1.82) is 0 Å². The third-order valence-corrected chi connectivity index (χ3v) is 6.71. The monoisotopic (exact) mass is 396 g/mol. The maximum absolute atomic E-state index is 12.4. The van der Waals surface area contributed by atoms with Gasteiger partial charge in [0, 0.05) is 20.4 Å². The molecule has 0 unspecified atom stereocenters. The summed E-state index contributed by atoms with van der Waals surface area (Å²) in [5, 5.41) is 0. The SMILES string of the molecule is Cc1ccc([C@@H](NS(=O)(=O)N(C)C)c2cccc(S(C)(=O)=O)c2)c(C)c1. The van der Waals surface area contributed by atoms with Crippen LogP contribution < -0.4 is 4.72 Å². The van der Waals surface area contributed by atoms with E-state index in [1.54, 1.807) is 12.1 Å². The van der Waals surface area contributed by atoms with Crippen LogP contribution in [0.4, 0.5) is 0 Å². The van der Waals surface area contributed by atoms with Crippen LogP contribution in [-0.4, -0.2) is 41.5 Å². The molecule has 0 aliphatic carbocycles. The van der Waals surface area contributed by atoms with Crippen molar-refractivity contribution < 1.29 is 16.8 Å². The lowest BCUT2D eigenvalue weighted by Gasteiger charge is -2.24. The Hall–Kier alpha value is -1.74. The van der Waals surface area contributed by atoms with Crippen LogP contribution >= 0.6 is 0 Å². The molecule has 0 amide bonds. The molecule has 1 N–H and O–H groups in total. The van der Waals surface area contributed by atoms with Gasteiger partial charge in [0.05, 0.1) is 10.9 Å². The molecule has 2 aromatic rings. The van der Waals surface area contributed by atoms with Crippen LogP contribution in [0.1, 0.15) is 28.3 Å². The minimum Gasteiger partial charge on any atom is -0.224 e. The first-order valence-electron chi connectivity index (χ1n) is 7.99. The average molecular weight is 397 g/mol. The Labute approximate surface area is 156 Å². The van der Waals surface area contributed by atoms with E-state index in [0.29, 0.717) is 5.56 Å². The summed E-state index contributed by atoms with van der Waals surface area (Å²) in [6.45, 7) is 3.86. The molecule has 0 aliphatic rings. The van der Waals surface area contributed by atoms with Gasteiger partial charge >= 0.3 is 0 Å². The molecule has 8 heteroatoms. The van der Waals surface area contributed by atoms with Gasteiger partial charge in [0.1, 0.15) is 0 Å². The second-order valence-corrected chi connectivity index (χ2v) is 10.5. The maximum atomic E-state index is 12.4. The van der Waals surface area contributed by atoms with E-state index in [0.717, 1.165) is 27.3 Å². The summed E-state index contributed by atoms with van der Waals surface area (Å²) in [5.74, 6) is 0. The molecule has 0 aromatic heterocycles. The Balaban J connectivity index is 2.65. The molecule has 1 atom stereocenters. The van der Waals surface area contributed by atoms with Gasteiger partial charge in [-0.15, -0.1) is 0 Å². The standard InChI is InChI=1S/C18H24N2O4S2/c1-13-9-10-17(14(2)11-13)18(19-26(23,24)20(3)4)15-7-6-8-16(12-15)25(5,21)22/h6-12,18-19H,1-5H3/t18-/m0/s1. The first-order chi connectivity index (χ1) is 11.9. The van der Waals surface area contributed by atoms with Crippen LogP contribution in [0.3, 0.4) is 0 Å². The number of nitrogens with zero attached hydrogens (tertiary/aromatic N) is 1. The number of rotatable bonds is 6. The van der Waals surface area contributed by atoms with E-state index in [4.69, 9.17) is 0 Å². The molecule has 0 saturated heterocycles. The summed E-state index contributed by atoms with van der Waals surface area (Å²) in [6, 6.07) is 11.4. The average Bonchev–Trinajstić information content (AvgIpc) is 2.52. The van der Waals surface area contributed by atoms with E-state index in [9.17, 15) is 16.8 Å². The summed E-state index contributed by atoms with van der Waals surface area (Å²) >= 11 is 0. The fourth-order valence-electron chi connectivity index (χ4n) is 2.64. The highest BCUT2D eigenvalue weighted by Gasteiger charge is 2.25. The predicted molar refractivity (Wildman–Crippen MR) is 103 cm³/mol. The number of sulfone groups is 1. The van der Waals surface area contributed by atoms with Crippen molar-refractivity contribution in [2.45, 2.75) is 24.8 Å². The minimum absolute atomic E-state index is 0.147. The van der Waals surface area contributed by atoms with Crippen molar-refractivity contribution in [2.75, 3.05) is 20.4 Å². The van der Waals surface area contributed by atoms with Crippen LogP contribution in [0.15, 0.2) is 47.4 Å². The lowest BCUT2D eigenvalue weighted by atomic mass is 9.94. The smallest absolute Gasteiger partial charge is 0.224 e.